The predicted molar refractivity (Wildman–Crippen MR) is 108 cm³/mol. The lowest BCUT2D eigenvalue weighted by Crippen LogP contribution is -2.13. The highest BCUT2D eigenvalue weighted by Gasteiger charge is 2.28. The standard InChI is InChI=1S/C22H28N2O5/c1-3-7-16-17(10-15-8-5-4-6-9-15)24-11-14(2)23-22(29-13-19(27)28)21(24)20(16)18(26)12-25/h11-12,15H,3-10,13H2,1-2H3,(H,27,28). The molecule has 1 saturated carbocycles. The molecule has 7 nitrogen and oxygen atoms in total. The van der Waals surface area contributed by atoms with Crippen LogP contribution >= 0.6 is 0 Å². The largest absolute Gasteiger partial charge is 0.479 e. The molecule has 0 spiro atoms. The van der Waals surface area contributed by atoms with E-state index >= 15 is 0 Å². The second-order valence-corrected chi connectivity index (χ2v) is 7.83. The van der Waals surface area contributed by atoms with Gasteiger partial charge in [0, 0.05) is 11.9 Å². The number of carbonyl (C=O) groups is 3. The molecule has 3 rings (SSSR count). The van der Waals surface area contributed by atoms with Crippen molar-refractivity contribution in [2.24, 2.45) is 5.92 Å². The van der Waals surface area contributed by atoms with Crippen LogP contribution in [0.5, 0.6) is 5.88 Å². The summed E-state index contributed by atoms with van der Waals surface area (Å²) in [6.45, 7) is 3.28. The number of aromatic nitrogens is 2. The van der Waals surface area contributed by atoms with Gasteiger partial charge in [-0.3, -0.25) is 9.59 Å². The molecule has 0 amide bonds. The molecule has 7 heteroatoms. The lowest BCUT2D eigenvalue weighted by molar-refractivity contribution is -0.139. The van der Waals surface area contributed by atoms with Gasteiger partial charge in [-0.1, -0.05) is 45.4 Å². The van der Waals surface area contributed by atoms with Crippen molar-refractivity contribution in [2.75, 3.05) is 6.61 Å². The molecule has 0 bridgehead atoms. The summed E-state index contributed by atoms with van der Waals surface area (Å²) >= 11 is 0. The third-order valence-electron chi connectivity index (χ3n) is 5.61. The van der Waals surface area contributed by atoms with Gasteiger partial charge in [0.25, 0.3) is 0 Å². The van der Waals surface area contributed by atoms with E-state index in [1.54, 1.807) is 6.92 Å². The molecule has 1 N–H and O–H groups in total. The summed E-state index contributed by atoms with van der Waals surface area (Å²) in [4.78, 5) is 39.4. The summed E-state index contributed by atoms with van der Waals surface area (Å²) in [6, 6.07) is 0. The number of aldehydes is 1. The van der Waals surface area contributed by atoms with Gasteiger partial charge in [0.1, 0.15) is 5.52 Å². The average Bonchev–Trinajstić information content (AvgIpc) is 3.00. The van der Waals surface area contributed by atoms with Gasteiger partial charge in [-0.2, -0.15) is 0 Å². The zero-order valence-electron chi connectivity index (χ0n) is 17.1. The molecule has 1 aliphatic rings. The van der Waals surface area contributed by atoms with Crippen molar-refractivity contribution in [3.63, 3.8) is 0 Å². The predicted octanol–water partition coefficient (Wildman–Crippen LogP) is 3.56. The number of aryl methyl sites for hydroxylation is 1. The van der Waals surface area contributed by atoms with Crippen molar-refractivity contribution in [3.05, 3.63) is 28.7 Å². The number of carbonyl (C=O) groups excluding carboxylic acids is 2. The van der Waals surface area contributed by atoms with Gasteiger partial charge >= 0.3 is 5.97 Å². The van der Waals surface area contributed by atoms with E-state index in [-0.39, 0.29) is 5.88 Å². The van der Waals surface area contributed by atoms with Gasteiger partial charge in [0.15, 0.2) is 12.9 Å². The Kier molecular flexibility index (Phi) is 6.67. The van der Waals surface area contributed by atoms with Crippen LogP contribution in [0.4, 0.5) is 0 Å². The molecule has 1 fully saturated rings. The zero-order valence-corrected chi connectivity index (χ0v) is 17.1. The minimum absolute atomic E-state index is 0.0878. The molecule has 2 aromatic heterocycles. The topological polar surface area (TPSA) is 98.0 Å². The van der Waals surface area contributed by atoms with Crippen LogP contribution in [0, 0.1) is 12.8 Å². The Bertz CT molecular complexity index is 925. The van der Waals surface area contributed by atoms with E-state index in [0.29, 0.717) is 35.4 Å². The van der Waals surface area contributed by atoms with Crippen molar-refractivity contribution in [1.82, 2.24) is 9.38 Å². The van der Waals surface area contributed by atoms with Crippen LogP contribution in [0.1, 0.15) is 72.8 Å². The van der Waals surface area contributed by atoms with Gasteiger partial charge < -0.3 is 14.2 Å². The Hall–Kier alpha value is -2.70. The van der Waals surface area contributed by atoms with Gasteiger partial charge in [-0.15, -0.1) is 0 Å². The lowest BCUT2D eigenvalue weighted by atomic mass is 9.85. The van der Waals surface area contributed by atoms with Crippen molar-refractivity contribution in [1.29, 1.82) is 0 Å². The summed E-state index contributed by atoms with van der Waals surface area (Å²) in [5, 5.41) is 9.02. The molecule has 2 heterocycles. The van der Waals surface area contributed by atoms with Gasteiger partial charge in [-0.05, 0) is 31.2 Å². The summed E-state index contributed by atoms with van der Waals surface area (Å²) in [5.41, 5.74) is 3.25. The minimum atomic E-state index is -1.13. The van der Waals surface area contributed by atoms with E-state index in [2.05, 4.69) is 4.98 Å². The monoisotopic (exact) mass is 400 g/mol. The molecular weight excluding hydrogens is 372 g/mol. The van der Waals surface area contributed by atoms with Crippen molar-refractivity contribution < 1.29 is 24.2 Å². The Morgan fingerprint density at radius 2 is 2.03 bits per heavy atom. The van der Waals surface area contributed by atoms with Crippen LogP contribution in [0.25, 0.3) is 5.52 Å². The maximum Gasteiger partial charge on any atom is 0.341 e. The fourth-order valence-electron chi connectivity index (χ4n) is 4.43. The number of carboxylic acid groups (broad SMARTS) is 1. The number of aliphatic carboxylic acids is 1. The molecule has 156 valence electrons. The number of fused-ring (bicyclic) bond motifs is 1. The smallest absolute Gasteiger partial charge is 0.341 e. The van der Waals surface area contributed by atoms with Crippen LogP contribution in [0.15, 0.2) is 6.20 Å². The lowest BCUT2D eigenvalue weighted by Gasteiger charge is -2.22. The summed E-state index contributed by atoms with van der Waals surface area (Å²) in [6.07, 6.45) is 10.5. The fraction of sp³-hybridized carbons (Fsp3) is 0.545. The number of rotatable bonds is 9. The first-order valence-electron chi connectivity index (χ1n) is 10.3. The zero-order chi connectivity index (χ0) is 21.0. The molecule has 0 saturated heterocycles. The van der Waals surface area contributed by atoms with E-state index in [9.17, 15) is 14.4 Å². The first-order valence-corrected chi connectivity index (χ1v) is 10.3. The highest BCUT2D eigenvalue weighted by Crippen LogP contribution is 2.35. The van der Waals surface area contributed by atoms with Crippen molar-refractivity contribution in [2.45, 2.75) is 65.2 Å². The molecule has 0 aliphatic heterocycles. The Labute approximate surface area is 170 Å². The number of Topliss-reactive ketones (excluding diaryl/α,β-unsaturated/α-hetero) is 1. The molecule has 0 aromatic carbocycles. The molecular formula is C22H28N2O5. The van der Waals surface area contributed by atoms with E-state index in [0.717, 1.165) is 36.9 Å². The Balaban J connectivity index is 2.23. The van der Waals surface area contributed by atoms with Crippen LogP contribution in [0.2, 0.25) is 0 Å². The molecule has 0 radical (unpaired) electrons. The summed E-state index contributed by atoms with van der Waals surface area (Å²) in [5.74, 6) is -1.12. The highest BCUT2D eigenvalue weighted by molar-refractivity contribution is 6.36. The number of nitrogens with zero attached hydrogens (tertiary/aromatic N) is 2. The number of hydrogen-bond acceptors (Lipinski definition) is 5. The summed E-state index contributed by atoms with van der Waals surface area (Å²) < 4.78 is 7.35. The van der Waals surface area contributed by atoms with E-state index in [1.165, 1.54) is 19.3 Å². The third-order valence-corrected chi connectivity index (χ3v) is 5.61. The second kappa shape index (κ2) is 9.20. The van der Waals surface area contributed by atoms with Crippen LogP contribution in [0.3, 0.4) is 0 Å². The van der Waals surface area contributed by atoms with Gasteiger partial charge in [0.05, 0.1) is 11.3 Å². The number of hydrogen-bond donors (Lipinski definition) is 1. The quantitative estimate of drug-likeness (QED) is 0.393. The van der Waals surface area contributed by atoms with E-state index in [1.807, 2.05) is 17.5 Å². The first-order chi connectivity index (χ1) is 14.0. The number of ketones is 1. The molecule has 1 aliphatic carbocycles. The molecule has 0 atom stereocenters. The maximum atomic E-state index is 12.6. The minimum Gasteiger partial charge on any atom is -0.479 e. The van der Waals surface area contributed by atoms with E-state index < -0.39 is 18.4 Å². The second-order valence-electron chi connectivity index (χ2n) is 7.83. The van der Waals surface area contributed by atoms with E-state index in [4.69, 9.17) is 9.84 Å². The molecule has 0 unspecified atom stereocenters. The van der Waals surface area contributed by atoms with Crippen molar-refractivity contribution in [3.8, 4) is 5.88 Å². The first kappa shape index (κ1) is 21.0. The Morgan fingerprint density at radius 1 is 1.31 bits per heavy atom. The van der Waals surface area contributed by atoms with Crippen LogP contribution in [-0.2, 0) is 22.4 Å². The SMILES string of the molecule is CCCc1c(C(=O)C=O)c2c(OCC(=O)O)nc(C)cn2c1CC1CCCCC1. The van der Waals surface area contributed by atoms with Gasteiger partial charge in [-0.25, -0.2) is 9.78 Å². The highest BCUT2D eigenvalue weighted by atomic mass is 16.5. The summed E-state index contributed by atoms with van der Waals surface area (Å²) in [7, 11) is 0. The molecule has 2 aromatic rings. The van der Waals surface area contributed by atoms with Crippen molar-refractivity contribution >= 4 is 23.6 Å². The maximum absolute atomic E-state index is 12.6. The normalized spacial score (nSPS) is 14.8. The Morgan fingerprint density at radius 3 is 2.66 bits per heavy atom. The number of ether oxygens (including phenoxy) is 1. The number of carboxylic acids is 1. The van der Waals surface area contributed by atoms with Gasteiger partial charge in [0.2, 0.25) is 11.7 Å². The third kappa shape index (κ3) is 4.49. The van der Waals surface area contributed by atoms with Crippen LogP contribution < -0.4 is 4.74 Å². The molecule has 29 heavy (non-hydrogen) atoms. The fourth-order valence-corrected chi connectivity index (χ4v) is 4.43. The van der Waals surface area contributed by atoms with Crippen LogP contribution in [-0.4, -0.2) is 39.1 Å². The average molecular weight is 400 g/mol.